The van der Waals surface area contributed by atoms with Gasteiger partial charge >= 0.3 is 7.12 Å². The molecule has 156 valence electrons. The highest BCUT2D eigenvalue weighted by Crippen LogP contribution is 2.13. The van der Waals surface area contributed by atoms with E-state index in [-0.39, 0.29) is 5.92 Å². The van der Waals surface area contributed by atoms with E-state index in [1.807, 2.05) is 20.8 Å². The molecule has 0 radical (unpaired) electrons. The zero-order valence-corrected chi connectivity index (χ0v) is 16.9. The molecule has 8 nitrogen and oxygen atoms in total. The number of nitrogens with one attached hydrogen (secondary N) is 2. The van der Waals surface area contributed by atoms with Crippen molar-refractivity contribution in [3.63, 3.8) is 0 Å². The van der Waals surface area contributed by atoms with Crippen LogP contribution in [0.5, 0.6) is 5.75 Å². The van der Waals surface area contributed by atoms with Crippen molar-refractivity contribution in [3.05, 3.63) is 29.8 Å². The van der Waals surface area contributed by atoms with Crippen LogP contribution in [0.25, 0.3) is 0 Å². The molecule has 0 aliphatic rings. The van der Waals surface area contributed by atoms with E-state index in [4.69, 9.17) is 4.74 Å². The number of carbonyl (C=O) groups excluding carboxylic acids is 2. The average molecular weight is 394 g/mol. The molecule has 1 aromatic carbocycles. The van der Waals surface area contributed by atoms with Gasteiger partial charge in [0.2, 0.25) is 5.91 Å². The lowest BCUT2D eigenvalue weighted by Crippen LogP contribution is -2.57. The average Bonchev–Trinajstić information content (AvgIpc) is 2.63. The largest absolute Gasteiger partial charge is 0.494 e. The molecular formula is C19H31BN2O6. The number of hydrogen-bond acceptors (Lipinski definition) is 6. The summed E-state index contributed by atoms with van der Waals surface area (Å²) in [5.74, 6) is -1.38. The van der Waals surface area contributed by atoms with Crippen molar-refractivity contribution in [2.75, 3.05) is 6.61 Å². The number of rotatable bonds is 11. The maximum absolute atomic E-state index is 12.5. The number of aliphatic hydroxyl groups excluding tert-OH is 1. The molecule has 2 amide bonds. The summed E-state index contributed by atoms with van der Waals surface area (Å²) in [6.45, 7) is 7.69. The second-order valence-electron chi connectivity index (χ2n) is 7.22. The molecule has 0 fully saturated rings. The highest BCUT2D eigenvalue weighted by molar-refractivity contribution is 6.43. The molecule has 28 heavy (non-hydrogen) atoms. The summed E-state index contributed by atoms with van der Waals surface area (Å²) in [6, 6.07) is 5.20. The van der Waals surface area contributed by atoms with Crippen molar-refractivity contribution in [2.24, 2.45) is 5.92 Å². The summed E-state index contributed by atoms with van der Waals surface area (Å²) in [4.78, 5) is 24.9. The number of benzene rings is 1. The lowest BCUT2D eigenvalue weighted by Gasteiger charge is -2.25. The number of hydrogen-bond donors (Lipinski definition) is 5. The van der Waals surface area contributed by atoms with Crippen LogP contribution in [0.2, 0.25) is 0 Å². The van der Waals surface area contributed by atoms with E-state index < -0.39 is 37.0 Å². The summed E-state index contributed by atoms with van der Waals surface area (Å²) in [5, 5.41) is 33.8. The zero-order valence-electron chi connectivity index (χ0n) is 16.9. The summed E-state index contributed by atoms with van der Waals surface area (Å²) in [5.41, 5.74) is 0.309. The summed E-state index contributed by atoms with van der Waals surface area (Å²) in [7, 11) is -1.74. The molecule has 9 heteroatoms. The first-order valence-electron chi connectivity index (χ1n) is 9.54. The third-order valence-corrected chi connectivity index (χ3v) is 4.05. The van der Waals surface area contributed by atoms with Crippen LogP contribution in [0, 0.1) is 5.92 Å². The van der Waals surface area contributed by atoms with Crippen molar-refractivity contribution in [2.45, 2.75) is 58.6 Å². The van der Waals surface area contributed by atoms with Gasteiger partial charge in [0, 0.05) is 5.56 Å². The Morgan fingerprint density at radius 1 is 1.11 bits per heavy atom. The van der Waals surface area contributed by atoms with Gasteiger partial charge in [0.25, 0.3) is 5.91 Å². The van der Waals surface area contributed by atoms with Crippen molar-refractivity contribution < 1.29 is 29.5 Å². The first-order chi connectivity index (χ1) is 13.1. The highest BCUT2D eigenvalue weighted by Gasteiger charge is 2.32. The van der Waals surface area contributed by atoms with Gasteiger partial charge in [0.05, 0.1) is 18.7 Å². The molecule has 0 aromatic heterocycles. The maximum Gasteiger partial charge on any atom is 0.475 e. The molecule has 0 saturated carbocycles. The smallest absolute Gasteiger partial charge is 0.475 e. The van der Waals surface area contributed by atoms with Gasteiger partial charge in [-0.1, -0.05) is 20.8 Å². The molecule has 0 unspecified atom stereocenters. The number of aliphatic hydroxyl groups is 1. The molecule has 1 aromatic rings. The topological polar surface area (TPSA) is 128 Å². The Bertz CT molecular complexity index is 621. The SMILES string of the molecule is CCCOc1ccc(C(=O)N[C@H](C(=O)N[C@@H](CC(C)C)B(O)O)[C@@H](C)O)cc1. The Morgan fingerprint density at radius 2 is 1.71 bits per heavy atom. The van der Waals surface area contributed by atoms with Crippen LogP contribution in [0.3, 0.4) is 0 Å². The van der Waals surface area contributed by atoms with Gasteiger partial charge in [-0.05, 0) is 49.9 Å². The fraction of sp³-hybridized carbons (Fsp3) is 0.579. The Morgan fingerprint density at radius 3 is 2.18 bits per heavy atom. The van der Waals surface area contributed by atoms with Crippen molar-refractivity contribution in [1.82, 2.24) is 10.6 Å². The van der Waals surface area contributed by atoms with Crippen LogP contribution >= 0.6 is 0 Å². The van der Waals surface area contributed by atoms with Crippen molar-refractivity contribution >= 4 is 18.9 Å². The minimum absolute atomic E-state index is 0.111. The molecule has 0 spiro atoms. The Labute approximate surface area is 166 Å². The summed E-state index contributed by atoms with van der Waals surface area (Å²) in [6.07, 6.45) is 0.0308. The van der Waals surface area contributed by atoms with Gasteiger partial charge in [-0.3, -0.25) is 9.59 Å². The third-order valence-electron chi connectivity index (χ3n) is 4.05. The molecule has 0 saturated heterocycles. The fourth-order valence-corrected chi connectivity index (χ4v) is 2.59. The second kappa shape index (κ2) is 11.7. The van der Waals surface area contributed by atoms with Gasteiger partial charge in [0.15, 0.2) is 0 Å². The monoisotopic (exact) mass is 394 g/mol. The van der Waals surface area contributed by atoms with Gasteiger partial charge in [0.1, 0.15) is 11.8 Å². The minimum atomic E-state index is -1.74. The van der Waals surface area contributed by atoms with E-state index in [0.29, 0.717) is 24.3 Å². The first-order valence-corrected chi connectivity index (χ1v) is 9.54. The van der Waals surface area contributed by atoms with Crippen molar-refractivity contribution in [1.29, 1.82) is 0 Å². The molecule has 0 bridgehead atoms. The molecule has 0 aliphatic carbocycles. The Hall–Kier alpha value is -2.10. The van der Waals surface area contributed by atoms with E-state index in [2.05, 4.69) is 10.6 Å². The lowest BCUT2D eigenvalue weighted by molar-refractivity contribution is -0.125. The zero-order chi connectivity index (χ0) is 21.3. The molecule has 3 atom stereocenters. The van der Waals surface area contributed by atoms with Crippen LogP contribution in [-0.2, 0) is 4.79 Å². The fourth-order valence-electron chi connectivity index (χ4n) is 2.59. The predicted molar refractivity (Wildman–Crippen MR) is 107 cm³/mol. The maximum atomic E-state index is 12.5. The first kappa shape index (κ1) is 23.9. The Kier molecular flexibility index (Phi) is 9.99. The highest BCUT2D eigenvalue weighted by atomic mass is 16.5. The molecular weight excluding hydrogens is 363 g/mol. The van der Waals surface area contributed by atoms with E-state index in [1.165, 1.54) is 6.92 Å². The van der Waals surface area contributed by atoms with Gasteiger partial charge in [-0.2, -0.15) is 0 Å². The van der Waals surface area contributed by atoms with Crippen LogP contribution in [0.1, 0.15) is 50.9 Å². The van der Waals surface area contributed by atoms with Crippen LogP contribution in [0.15, 0.2) is 24.3 Å². The van der Waals surface area contributed by atoms with Gasteiger partial charge in [-0.15, -0.1) is 0 Å². The lowest BCUT2D eigenvalue weighted by atomic mass is 9.75. The normalized spacial score (nSPS) is 14.1. The van der Waals surface area contributed by atoms with E-state index in [9.17, 15) is 24.7 Å². The summed E-state index contributed by atoms with van der Waals surface area (Å²) >= 11 is 0. The molecule has 5 N–H and O–H groups in total. The number of amides is 2. The number of carbonyl (C=O) groups is 2. The molecule has 1 rings (SSSR count). The number of ether oxygens (including phenoxy) is 1. The predicted octanol–water partition coefficient (Wildman–Crippen LogP) is 0.498. The minimum Gasteiger partial charge on any atom is -0.494 e. The van der Waals surface area contributed by atoms with Crippen molar-refractivity contribution in [3.8, 4) is 5.75 Å². The third kappa shape index (κ3) is 7.88. The standard InChI is InChI=1S/C19H31BN2O6/c1-5-10-28-15-8-6-14(7-9-15)18(24)22-17(13(4)23)19(25)21-16(20(26)27)11-12(2)3/h6-9,12-13,16-17,23,26-27H,5,10-11H2,1-4H3,(H,21,25)(H,22,24)/t13-,16+,17+/m1/s1. The quantitative estimate of drug-likeness (QED) is 0.348. The Balaban J connectivity index is 2.79. The van der Waals surface area contributed by atoms with Gasteiger partial charge < -0.3 is 30.5 Å². The van der Waals surface area contributed by atoms with Crippen LogP contribution < -0.4 is 15.4 Å². The summed E-state index contributed by atoms with van der Waals surface area (Å²) < 4.78 is 5.46. The molecule has 0 heterocycles. The second-order valence-corrected chi connectivity index (χ2v) is 7.22. The molecule has 0 aliphatic heterocycles. The van der Waals surface area contributed by atoms with Gasteiger partial charge in [-0.25, -0.2) is 0 Å². The van der Waals surface area contributed by atoms with Crippen LogP contribution in [-0.4, -0.2) is 58.8 Å². The van der Waals surface area contributed by atoms with E-state index in [1.54, 1.807) is 24.3 Å². The van der Waals surface area contributed by atoms with E-state index >= 15 is 0 Å². The van der Waals surface area contributed by atoms with E-state index in [0.717, 1.165) is 6.42 Å². The van der Waals surface area contributed by atoms with Crippen LogP contribution in [0.4, 0.5) is 0 Å².